The first-order valence-corrected chi connectivity index (χ1v) is 6.59. The predicted octanol–water partition coefficient (Wildman–Crippen LogP) is 1.68. The van der Waals surface area contributed by atoms with Gasteiger partial charge in [-0.3, -0.25) is 0 Å². The van der Waals surface area contributed by atoms with E-state index in [0.29, 0.717) is 0 Å². The lowest BCUT2D eigenvalue weighted by atomic mass is 10.2. The molecule has 3 rings (SSSR count). The van der Waals surface area contributed by atoms with E-state index in [-0.39, 0.29) is 6.04 Å². The fourth-order valence-electron chi connectivity index (χ4n) is 2.25. The number of aromatic nitrogens is 4. The van der Waals surface area contributed by atoms with Gasteiger partial charge in [0.15, 0.2) is 5.82 Å². The number of hydrogen-bond acceptors (Lipinski definition) is 5. The molecule has 0 saturated heterocycles. The van der Waals surface area contributed by atoms with Crippen LogP contribution in [0.5, 0.6) is 0 Å². The zero-order chi connectivity index (χ0) is 12.0. The van der Waals surface area contributed by atoms with Crippen LogP contribution in [0.3, 0.4) is 0 Å². The van der Waals surface area contributed by atoms with Crippen LogP contribution in [0.2, 0.25) is 0 Å². The minimum atomic E-state index is 0.269. The second kappa shape index (κ2) is 3.89. The van der Waals surface area contributed by atoms with Crippen molar-refractivity contribution >= 4 is 11.3 Å². The molecular weight excluding hydrogens is 234 g/mol. The van der Waals surface area contributed by atoms with Crippen LogP contribution >= 0.6 is 11.3 Å². The van der Waals surface area contributed by atoms with Crippen molar-refractivity contribution in [2.75, 3.05) is 6.54 Å². The van der Waals surface area contributed by atoms with Crippen molar-refractivity contribution in [3.8, 4) is 11.5 Å². The molecule has 0 bridgehead atoms. The maximum absolute atomic E-state index is 4.56. The van der Waals surface area contributed by atoms with Gasteiger partial charge in [-0.1, -0.05) is 0 Å². The van der Waals surface area contributed by atoms with E-state index in [1.807, 2.05) is 6.92 Å². The van der Waals surface area contributed by atoms with Crippen LogP contribution in [-0.4, -0.2) is 26.3 Å². The molecule has 2 aromatic rings. The monoisotopic (exact) mass is 249 g/mol. The van der Waals surface area contributed by atoms with Crippen LogP contribution in [0.25, 0.3) is 11.5 Å². The molecule has 2 aromatic heterocycles. The summed E-state index contributed by atoms with van der Waals surface area (Å²) in [6, 6.07) is 0.269. The number of hydrogen-bond donors (Lipinski definition) is 1. The van der Waals surface area contributed by atoms with Crippen LogP contribution in [-0.2, 0) is 6.54 Å². The molecule has 0 saturated carbocycles. The Balaban J connectivity index is 2.13. The van der Waals surface area contributed by atoms with Crippen LogP contribution in [0.15, 0.2) is 0 Å². The Morgan fingerprint density at radius 3 is 2.88 bits per heavy atom. The van der Waals surface area contributed by atoms with Gasteiger partial charge in [0.05, 0.1) is 11.0 Å². The summed E-state index contributed by atoms with van der Waals surface area (Å²) < 4.78 is 2.18. The Hall–Kier alpha value is -1.27. The molecule has 0 aromatic carbocycles. The summed E-state index contributed by atoms with van der Waals surface area (Å²) in [7, 11) is 0. The van der Waals surface area contributed by atoms with Crippen molar-refractivity contribution in [2.24, 2.45) is 0 Å². The SMILES string of the molecule is Cc1nc(-c2nnc3n2CCN[C@H]3C)c(C)s1. The van der Waals surface area contributed by atoms with E-state index in [0.717, 1.165) is 35.4 Å². The molecule has 0 spiro atoms. The van der Waals surface area contributed by atoms with E-state index in [4.69, 9.17) is 0 Å². The Labute approximate surface area is 104 Å². The summed E-state index contributed by atoms with van der Waals surface area (Å²) in [6.07, 6.45) is 0. The summed E-state index contributed by atoms with van der Waals surface area (Å²) in [5.74, 6) is 1.92. The van der Waals surface area contributed by atoms with Crippen LogP contribution in [0.4, 0.5) is 0 Å². The molecule has 17 heavy (non-hydrogen) atoms. The Kier molecular flexibility index (Phi) is 2.48. The topological polar surface area (TPSA) is 55.6 Å². The molecule has 90 valence electrons. The minimum Gasteiger partial charge on any atom is -0.307 e. The number of fused-ring (bicyclic) bond motifs is 1. The third kappa shape index (κ3) is 1.68. The Morgan fingerprint density at radius 1 is 1.35 bits per heavy atom. The highest BCUT2D eigenvalue weighted by atomic mass is 32.1. The fraction of sp³-hybridized carbons (Fsp3) is 0.545. The molecule has 3 heterocycles. The van der Waals surface area contributed by atoms with Gasteiger partial charge in [-0.05, 0) is 20.8 Å². The van der Waals surface area contributed by atoms with Gasteiger partial charge in [-0.25, -0.2) is 4.98 Å². The molecule has 5 nitrogen and oxygen atoms in total. The van der Waals surface area contributed by atoms with Gasteiger partial charge in [-0.15, -0.1) is 21.5 Å². The lowest BCUT2D eigenvalue weighted by Crippen LogP contribution is -2.32. The predicted molar refractivity (Wildman–Crippen MR) is 67.0 cm³/mol. The third-order valence-corrected chi connectivity index (χ3v) is 3.95. The normalized spacial score (nSPS) is 19.4. The molecule has 1 N–H and O–H groups in total. The second-order valence-electron chi connectivity index (χ2n) is 4.35. The molecule has 6 heteroatoms. The molecular formula is C11H15N5S. The Bertz CT molecular complexity index is 556. The van der Waals surface area contributed by atoms with Crippen molar-refractivity contribution in [3.05, 3.63) is 15.7 Å². The average Bonchev–Trinajstić information content (AvgIpc) is 2.83. The molecule has 0 amide bonds. The van der Waals surface area contributed by atoms with Crippen LogP contribution in [0.1, 0.15) is 28.7 Å². The van der Waals surface area contributed by atoms with Gasteiger partial charge in [0.25, 0.3) is 0 Å². The van der Waals surface area contributed by atoms with Crippen molar-refractivity contribution in [3.63, 3.8) is 0 Å². The van der Waals surface area contributed by atoms with E-state index >= 15 is 0 Å². The van der Waals surface area contributed by atoms with Crippen molar-refractivity contribution in [1.82, 2.24) is 25.1 Å². The largest absolute Gasteiger partial charge is 0.307 e. The van der Waals surface area contributed by atoms with E-state index in [1.54, 1.807) is 11.3 Å². The first kappa shape index (κ1) is 10.9. The van der Waals surface area contributed by atoms with Gasteiger partial charge in [0, 0.05) is 18.0 Å². The lowest BCUT2D eigenvalue weighted by Gasteiger charge is -2.21. The summed E-state index contributed by atoms with van der Waals surface area (Å²) >= 11 is 1.71. The third-order valence-electron chi connectivity index (χ3n) is 3.07. The van der Waals surface area contributed by atoms with Gasteiger partial charge >= 0.3 is 0 Å². The van der Waals surface area contributed by atoms with Crippen molar-refractivity contribution in [1.29, 1.82) is 0 Å². The van der Waals surface area contributed by atoms with Crippen LogP contribution in [0, 0.1) is 13.8 Å². The number of nitrogens with zero attached hydrogens (tertiary/aromatic N) is 4. The maximum atomic E-state index is 4.56. The van der Waals surface area contributed by atoms with Gasteiger partial charge in [-0.2, -0.15) is 0 Å². The van der Waals surface area contributed by atoms with E-state index in [2.05, 4.69) is 38.9 Å². The standard InChI is InChI=1S/C11H15N5S/c1-6-10-14-15-11(16(10)5-4-12-6)9-7(2)17-8(3)13-9/h6,12H,4-5H2,1-3H3/t6-/m0/s1. The summed E-state index contributed by atoms with van der Waals surface area (Å²) in [4.78, 5) is 5.77. The summed E-state index contributed by atoms with van der Waals surface area (Å²) in [5, 5.41) is 13.1. The van der Waals surface area contributed by atoms with Gasteiger partial charge in [0.1, 0.15) is 11.5 Å². The Morgan fingerprint density at radius 2 is 2.18 bits per heavy atom. The van der Waals surface area contributed by atoms with E-state index in [9.17, 15) is 0 Å². The first-order chi connectivity index (χ1) is 8.16. The highest BCUT2D eigenvalue weighted by Crippen LogP contribution is 2.28. The van der Waals surface area contributed by atoms with Gasteiger partial charge in [0.2, 0.25) is 0 Å². The highest BCUT2D eigenvalue weighted by Gasteiger charge is 2.24. The molecule has 1 aliphatic rings. The quantitative estimate of drug-likeness (QED) is 0.835. The zero-order valence-corrected chi connectivity index (χ0v) is 11.0. The summed E-state index contributed by atoms with van der Waals surface area (Å²) in [5.41, 5.74) is 0.986. The maximum Gasteiger partial charge on any atom is 0.183 e. The number of rotatable bonds is 1. The number of thiazole rings is 1. The minimum absolute atomic E-state index is 0.269. The van der Waals surface area contributed by atoms with Gasteiger partial charge < -0.3 is 9.88 Å². The number of aryl methyl sites for hydroxylation is 2. The summed E-state index contributed by atoms with van der Waals surface area (Å²) in [6.45, 7) is 8.10. The highest BCUT2D eigenvalue weighted by molar-refractivity contribution is 7.11. The molecule has 0 fully saturated rings. The fourth-order valence-corrected chi connectivity index (χ4v) is 3.07. The zero-order valence-electron chi connectivity index (χ0n) is 10.2. The molecule has 1 aliphatic heterocycles. The number of nitrogens with one attached hydrogen (secondary N) is 1. The van der Waals surface area contributed by atoms with E-state index < -0.39 is 0 Å². The molecule has 1 atom stereocenters. The first-order valence-electron chi connectivity index (χ1n) is 5.77. The van der Waals surface area contributed by atoms with Crippen LogP contribution < -0.4 is 5.32 Å². The lowest BCUT2D eigenvalue weighted by molar-refractivity contribution is 0.438. The second-order valence-corrected chi connectivity index (χ2v) is 5.75. The van der Waals surface area contributed by atoms with Crippen molar-refractivity contribution < 1.29 is 0 Å². The average molecular weight is 249 g/mol. The molecule has 0 unspecified atom stereocenters. The molecule has 0 radical (unpaired) electrons. The molecule has 0 aliphatic carbocycles. The van der Waals surface area contributed by atoms with E-state index in [1.165, 1.54) is 4.88 Å². The smallest absolute Gasteiger partial charge is 0.183 e. The van der Waals surface area contributed by atoms with Crippen molar-refractivity contribution in [2.45, 2.75) is 33.4 Å².